The van der Waals surface area contributed by atoms with E-state index >= 15 is 0 Å². The van der Waals surface area contributed by atoms with Crippen molar-refractivity contribution in [3.63, 3.8) is 0 Å². The lowest BCUT2D eigenvalue weighted by Gasteiger charge is -2.12. The van der Waals surface area contributed by atoms with Crippen LogP contribution in [-0.4, -0.2) is 28.8 Å². The predicted molar refractivity (Wildman–Crippen MR) is 125 cm³/mol. The molecule has 5 rings (SSSR count). The SMILES string of the molecule is COc1ccc(-c2cncn2-c2ccc(-c3nc4ccc(OC)cc4s3)cc2)c(N)c1. The van der Waals surface area contributed by atoms with Crippen molar-refractivity contribution in [1.82, 2.24) is 14.5 Å². The number of nitrogens with two attached hydrogens (primary N) is 1. The molecule has 0 aliphatic heterocycles. The number of aromatic nitrogens is 3. The third-order valence-electron chi connectivity index (χ3n) is 5.16. The van der Waals surface area contributed by atoms with Gasteiger partial charge in [-0.25, -0.2) is 9.97 Å². The van der Waals surface area contributed by atoms with Gasteiger partial charge in [-0.3, -0.25) is 4.57 Å². The van der Waals surface area contributed by atoms with Gasteiger partial charge in [-0.2, -0.15) is 0 Å². The van der Waals surface area contributed by atoms with Crippen LogP contribution in [-0.2, 0) is 0 Å². The Morgan fingerprint density at radius 3 is 2.39 bits per heavy atom. The Bertz CT molecular complexity index is 1370. The fourth-order valence-corrected chi connectivity index (χ4v) is 4.52. The van der Waals surface area contributed by atoms with Crippen LogP contribution in [0, 0.1) is 0 Å². The van der Waals surface area contributed by atoms with Gasteiger partial charge in [-0.15, -0.1) is 11.3 Å². The van der Waals surface area contributed by atoms with Crippen LogP contribution in [0.4, 0.5) is 5.69 Å². The minimum Gasteiger partial charge on any atom is -0.497 e. The number of nitrogen functional groups attached to an aromatic ring is 1. The maximum Gasteiger partial charge on any atom is 0.124 e. The summed E-state index contributed by atoms with van der Waals surface area (Å²) in [5.74, 6) is 1.56. The Hall–Kier alpha value is -3.84. The monoisotopic (exact) mass is 428 g/mol. The quantitative estimate of drug-likeness (QED) is 0.379. The number of hydrogen-bond acceptors (Lipinski definition) is 6. The topological polar surface area (TPSA) is 75.2 Å². The van der Waals surface area contributed by atoms with Crippen molar-refractivity contribution in [2.24, 2.45) is 0 Å². The molecule has 31 heavy (non-hydrogen) atoms. The zero-order valence-electron chi connectivity index (χ0n) is 17.1. The molecule has 7 heteroatoms. The first-order valence-corrected chi connectivity index (χ1v) is 10.5. The molecule has 154 valence electrons. The smallest absolute Gasteiger partial charge is 0.124 e. The van der Waals surface area contributed by atoms with Crippen LogP contribution in [0.3, 0.4) is 0 Å². The first kappa shape index (κ1) is 19.1. The van der Waals surface area contributed by atoms with Crippen LogP contribution < -0.4 is 15.2 Å². The van der Waals surface area contributed by atoms with E-state index < -0.39 is 0 Å². The molecule has 2 aromatic heterocycles. The van der Waals surface area contributed by atoms with Gasteiger partial charge in [0.2, 0.25) is 0 Å². The van der Waals surface area contributed by atoms with E-state index in [1.165, 1.54) is 0 Å². The fourth-order valence-electron chi connectivity index (χ4n) is 3.52. The number of nitrogens with zero attached hydrogens (tertiary/aromatic N) is 3. The average Bonchev–Trinajstić information content (AvgIpc) is 3.45. The summed E-state index contributed by atoms with van der Waals surface area (Å²) in [6, 6.07) is 19.9. The third-order valence-corrected chi connectivity index (χ3v) is 6.23. The zero-order chi connectivity index (χ0) is 21.4. The second-order valence-electron chi connectivity index (χ2n) is 7.00. The summed E-state index contributed by atoms with van der Waals surface area (Å²) in [6.07, 6.45) is 3.60. The van der Waals surface area contributed by atoms with Crippen molar-refractivity contribution in [3.8, 4) is 39.0 Å². The van der Waals surface area contributed by atoms with Crippen molar-refractivity contribution >= 4 is 27.2 Å². The van der Waals surface area contributed by atoms with Crippen molar-refractivity contribution in [1.29, 1.82) is 0 Å². The van der Waals surface area contributed by atoms with Crippen molar-refractivity contribution < 1.29 is 9.47 Å². The normalized spacial score (nSPS) is 11.0. The van der Waals surface area contributed by atoms with Crippen LogP contribution in [0.1, 0.15) is 0 Å². The summed E-state index contributed by atoms with van der Waals surface area (Å²) in [7, 11) is 3.30. The number of ether oxygens (including phenoxy) is 2. The third kappa shape index (κ3) is 3.49. The second kappa shape index (κ2) is 7.77. The molecule has 0 saturated heterocycles. The molecule has 0 saturated carbocycles. The van der Waals surface area contributed by atoms with Gasteiger partial charge in [0.25, 0.3) is 0 Å². The van der Waals surface area contributed by atoms with Gasteiger partial charge >= 0.3 is 0 Å². The number of rotatable bonds is 5. The standard InChI is InChI=1S/C24H20N4O2S/c1-29-17-7-9-19(20(25)11-17)22-13-26-14-28(22)16-5-3-15(4-6-16)24-27-21-10-8-18(30-2)12-23(21)31-24/h3-14H,25H2,1-2H3. The van der Waals surface area contributed by atoms with Crippen LogP contribution in [0.15, 0.2) is 73.2 Å². The van der Waals surface area contributed by atoms with Crippen LogP contribution >= 0.6 is 11.3 Å². The molecule has 0 fully saturated rings. The lowest BCUT2D eigenvalue weighted by molar-refractivity contribution is 0.415. The highest BCUT2D eigenvalue weighted by molar-refractivity contribution is 7.21. The van der Waals surface area contributed by atoms with Crippen LogP contribution in [0.5, 0.6) is 11.5 Å². The van der Waals surface area contributed by atoms with Gasteiger partial charge in [0.1, 0.15) is 16.5 Å². The van der Waals surface area contributed by atoms with E-state index in [1.54, 1.807) is 31.9 Å². The molecule has 2 N–H and O–H groups in total. The molecule has 2 heterocycles. The van der Waals surface area contributed by atoms with Gasteiger partial charge in [0.15, 0.2) is 0 Å². The number of anilines is 1. The number of methoxy groups -OCH3 is 2. The zero-order valence-corrected chi connectivity index (χ0v) is 17.9. The first-order chi connectivity index (χ1) is 15.2. The van der Waals surface area contributed by atoms with Gasteiger partial charge < -0.3 is 15.2 Å². The van der Waals surface area contributed by atoms with E-state index in [2.05, 4.69) is 29.2 Å². The minimum absolute atomic E-state index is 0.641. The highest BCUT2D eigenvalue weighted by Crippen LogP contribution is 2.34. The van der Waals surface area contributed by atoms with Crippen molar-refractivity contribution in [3.05, 3.63) is 73.2 Å². The molecule has 0 atom stereocenters. The molecule has 0 amide bonds. The minimum atomic E-state index is 0.641. The lowest BCUT2D eigenvalue weighted by atomic mass is 10.1. The van der Waals surface area contributed by atoms with E-state index in [0.29, 0.717) is 5.69 Å². The molecule has 0 aliphatic carbocycles. The Labute approximate surface area is 183 Å². The molecule has 0 spiro atoms. The van der Waals surface area contributed by atoms with Gasteiger partial charge in [0, 0.05) is 28.6 Å². The van der Waals surface area contributed by atoms with Crippen molar-refractivity contribution in [2.45, 2.75) is 0 Å². The highest BCUT2D eigenvalue weighted by atomic mass is 32.1. The fraction of sp³-hybridized carbons (Fsp3) is 0.0833. The molecular formula is C24H20N4O2S. The van der Waals surface area contributed by atoms with E-state index in [9.17, 15) is 0 Å². The molecule has 0 unspecified atom stereocenters. The number of thiazole rings is 1. The molecule has 3 aromatic carbocycles. The summed E-state index contributed by atoms with van der Waals surface area (Å²) < 4.78 is 13.7. The Morgan fingerprint density at radius 1 is 0.903 bits per heavy atom. The summed E-state index contributed by atoms with van der Waals surface area (Å²) in [6.45, 7) is 0. The summed E-state index contributed by atoms with van der Waals surface area (Å²) >= 11 is 1.65. The summed E-state index contributed by atoms with van der Waals surface area (Å²) in [5.41, 5.74) is 11.7. The maximum atomic E-state index is 6.26. The number of fused-ring (bicyclic) bond motifs is 1. The summed E-state index contributed by atoms with van der Waals surface area (Å²) in [4.78, 5) is 9.10. The molecular weight excluding hydrogens is 408 g/mol. The molecule has 0 aliphatic rings. The highest BCUT2D eigenvalue weighted by Gasteiger charge is 2.12. The Balaban J connectivity index is 1.48. The van der Waals surface area contributed by atoms with Gasteiger partial charge in [-0.05, 0) is 54.6 Å². The Kier molecular flexibility index (Phi) is 4.80. The molecule has 6 nitrogen and oxygen atoms in total. The first-order valence-electron chi connectivity index (χ1n) is 9.68. The van der Waals surface area contributed by atoms with E-state index in [-0.39, 0.29) is 0 Å². The van der Waals surface area contributed by atoms with Gasteiger partial charge in [-0.1, -0.05) is 0 Å². The van der Waals surface area contributed by atoms with E-state index in [4.69, 9.17) is 20.2 Å². The molecule has 0 radical (unpaired) electrons. The summed E-state index contributed by atoms with van der Waals surface area (Å²) in [5, 5.41) is 0.972. The number of hydrogen-bond donors (Lipinski definition) is 1. The second-order valence-corrected chi connectivity index (χ2v) is 8.03. The van der Waals surface area contributed by atoms with Gasteiger partial charge in [0.05, 0.1) is 42.7 Å². The van der Waals surface area contributed by atoms with Crippen LogP contribution in [0.2, 0.25) is 0 Å². The lowest BCUT2D eigenvalue weighted by Crippen LogP contribution is -1.98. The maximum absolute atomic E-state index is 6.26. The van der Waals surface area contributed by atoms with Crippen LogP contribution in [0.25, 0.3) is 37.7 Å². The number of benzene rings is 3. The average molecular weight is 429 g/mol. The van der Waals surface area contributed by atoms with Crippen molar-refractivity contribution in [2.75, 3.05) is 20.0 Å². The predicted octanol–water partition coefficient (Wildman–Crippen LogP) is 5.42. The number of imidazole rings is 1. The largest absolute Gasteiger partial charge is 0.497 e. The van der Waals surface area contributed by atoms with E-state index in [1.807, 2.05) is 47.2 Å². The van der Waals surface area contributed by atoms with E-state index in [0.717, 1.165) is 49.2 Å². The Morgan fingerprint density at radius 2 is 1.65 bits per heavy atom. The molecule has 5 aromatic rings. The molecule has 0 bridgehead atoms.